The molecule has 0 bridgehead atoms. The van der Waals surface area contributed by atoms with E-state index in [-0.39, 0.29) is 0 Å². The first kappa shape index (κ1) is 6.78. The van der Waals surface area contributed by atoms with Gasteiger partial charge in [-0.05, 0) is 10.7 Å². The van der Waals surface area contributed by atoms with Gasteiger partial charge in [0.2, 0.25) is 0 Å². The molecule has 0 aromatic rings. The molecule has 0 amide bonds. The van der Waals surface area contributed by atoms with E-state index in [9.17, 15) is 0 Å². The Hall–Kier alpha value is -0.220. The summed E-state index contributed by atoms with van der Waals surface area (Å²) in [5, 5.41) is 2.53. The van der Waals surface area contributed by atoms with E-state index in [2.05, 4.69) is 14.5 Å². The Morgan fingerprint density at radius 1 is 1.86 bits per heavy atom. The van der Waals surface area contributed by atoms with Gasteiger partial charge in [0, 0.05) is 5.16 Å². The monoisotopic (exact) mass is 141 g/mol. The maximum Gasteiger partial charge on any atom is 0.280 e. The molecule has 0 heterocycles. The summed E-state index contributed by atoms with van der Waals surface area (Å²) in [6, 6.07) is 0. The average Bonchev–Trinajstić information content (AvgIpc) is 1.69. The summed E-state index contributed by atoms with van der Waals surface area (Å²) in [5.74, 6) is 0. The summed E-state index contributed by atoms with van der Waals surface area (Å²) in [6.45, 7) is 0. The van der Waals surface area contributed by atoms with E-state index in [4.69, 9.17) is 15.5 Å². The van der Waals surface area contributed by atoms with Crippen LogP contribution in [0.25, 0.3) is 0 Å². The zero-order chi connectivity index (χ0) is 5.54. The van der Waals surface area contributed by atoms with Gasteiger partial charge in [-0.3, -0.25) is 0 Å². The van der Waals surface area contributed by atoms with Crippen LogP contribution in [0.3, 0.4) is 0 Å². The molecule has 0 saturated heterocycles. The molecular formula is CClNO3S. The van der Waals surface area contributed by atoms with Crippen molar-refractivity contribution in [2.75, 3.05) is 0 Å². The molecule has 0 aromatic carbocycles. The number of carbonyl (C=O) groups excluding carboxylic acids is 1. The van der Waals surface area contributed by atoms with E-state index in [1.54, 1.807) is 0 Å². The molecule has 6 heteroatoms. The van der Waals surface area contributed by atoms with Gasteiger partial charge in [-0.1, -0.05) is 4.33 Å². The lowest BCUT2D eigenvalue weighted by molar-refractivity contribution is -0.188. The van der Waals surface area contributed by atoms with Crippen LogP contribution < -0.4 is 0 Å². The van der Waals surface area contributed by atoms with Crippen molar-refractivity contribution < 1.29 is 14.1 Å². The van der Waals surface area contributed by atoms with Crippen LogP contribution in [0, 0.1) is 0 Å². The Bertz CT molecular complexity index is 81.0. The van der Waals surface area contributed by atoms with E-state index in [0.717, 1.165) is 6.08 Å². The third-order valence-corrected chi connectivity index (χ3v) is 0.397. The smallest absolute Gasteiger partial charge is 0.208 e. The lowest BCUT2D eigenvalue weighted by Gasteiger charge is -1.81. The van der Waals surface area contributed by atoms with Crippen molar-refractivity contribution in [1.82, 2.24) is 0 Å². The fourth-order valence-corrected chi connectivity index (χ4v) is 0.164. The van der Waals surface area contributed by atoms with Crippen LogP contribution in [0.15, 0.2) is 5.16 Å². The molecule has 0 saturated carbocycles. The van der Waals surface area contributed by atoms with Crippen molar-refractivity contribution in [1.29, 1.82) is 0 Å². The minimum atomic E-state index is 0.419. The Labute approximate surface area is 48.0 Å². The zero-order valence-electron chi connectivity index (χ0n) is 2.96. The molecule has 0 fully saturated rings. The van der Waals surface area contributed by atoms with Crippen LogP contribution in [-0.2, 0) is 14.1 Å². The minimum Gasteiger partial charge on any atom is -0.208 e. The van der Waals surface area contributed by atoms with E-state index < -0.39 is 0 Å². The lowest BCUT2D eigenvalue weighted by Crippen LogP contribution is -1.69. The summed E-state index contributed by atoms with van der Waals surface area (Å²) in [6.07, 6.45) is 1.06. The molecule has 0 aliphatic heterocycles. The molecule has 0 unspecified atom stereocenters. The third-order valence-electron chi connectivity index (χ3n) is 0.131. The van der Waals surface area contributed by atoms with Crippen molar-refractivity contribution in [2.45, 2.75) is 0 Å². The van der Waals surface area contributed by atoms with E-state index in [1.807, 2.05) is 0 Å². The van der Waals surface area contributed by atoms with Gasteiger partial charge < -0.3 is 0 Å². The summed E-state index contributed by atoms with van der Waals surface area (Å²) in [4.78, 5) is 12.8. The van der Waals surface area contributed by atoms with Gasteiger partial charge in [-0.15, -0.1) is 0 Å². The maximum atomic E-state index is 9.13. The number of hydrogen-bond donors (Lipinski definition) is 0. The molecule has 0 N–H and O–H groups in total. The molecule has 0 atom stereocenters. The van der Waals surface area contributed by atoms with Gasteiger partial charge in [-0.2, -0.15) is 4.99 Å². The second-order valence-corrected chi connectivity index (χ2v) is 1.03. The first-order valence-corrected chi connectivity index (χ1v) is 2.67. The average molecular weight is 142 g/mol. The molecule has 4 nitrogen and oxygen atoms in total. The number of hydrogen-bond acceptors (Lipinski definition) is 5. The predicted molar refractivity (Wildman–Crippen MR) is 23.7 cm³/mol. The lowest BCUT2D eigenvalue weighted by atomic mass is 11.7. The van der Waals surface area contributed by atoms with Gasteiger partial charge in [0.25, 0.3) is 6.08 Å². The van der Waals surface area contributed by atoms with Crippen molar-refractivity contribution >= 4 is 28.0 Å². The predicted octanol–water partition coefficient (Wildman–Crippen LogP) is 0.987. The Balaban J connectivity index is 2.83. The molecule has 0 rings (SSSR count). The Morgan fingerprint density at radius 2 is 2.57 bits per heavy atom. The van der Waals surface area contributed by atoms with Gasteiger partial charge in [-0.25, -0.2) is 4.79 Å². The van der Waals surface area contributed by atoms with E-state index in [1.165, 1.54) is 0 Å². The van der Waals surface area contributed by atoms with Crippen LogP contribution in [0.4, 0.5) is 0 Å². The number of halogens is 1. The first-order chi connectivity index (χ1) is 3.41. The van der Waals surface area contributed by atoms with Crippen LogP contribution >= 0.6 is 21.9 Å². The third kappa shape index (κ3) is 5.78. The summed E-state index contributed by atoms with van der Waals surface area (Å²) in [5.41, 5.74) is 0. The molecule has 0 radical (unpaired) electrons. The highest BCUT2D eigenvalue weighted by Crippen LogP contribution is 2.06. The summed E-state index contributed by atoms with van der Waals surface area (Å²) in [7, 11) is 4.82. The first-order valence-electron chi connectivity index (χ1n) is 1.10. The van der Waals surface area contributed by atoms with Crippen LogP contribution in [0.5, 0.6) is 0 Å². The maximum absolute atomic E-state index is 9.13. The fraction of sp³-hybridized carbons (Fsp3) is 0. The largest absolute Gasteiger partial charge is 0.280 e. The number of isocyanates is 1. The standard InChI is InChI=1S/CClNO3S/c2-7-6-5-3-1-4. The fourth-order valence-electron chi connectivity index (χ4n) is 0.0419. The van der Waals surface area contributed by atoms with Crippen molar-refractivity contribution in [3.8, 4) is 0 Å². The highest BCUT2D eigenvalue weighted by molar-refractivity contribution is 8.17. The van der Waals surface area contributed by atoms with Gasteiger partial charge in [0.05, 0.1) is 0 Å². The topological polar surface area (TPSA) is 47.9 Å². The van der Waals surface area contributed by atoms with Crippen molar-refractivity contribution in [2.24, 2.45) is 5.16 Å². The molecule has 7 heavy (non-hydrogen) atoms. The Kier molecular flexibility index (Phi) is 5.60. The van der Waals surface area contributed by atoms with Gasteiger partial charge in [0.1, 0.15) is 0 Å². The van der Waals surface area contributed by atoms with Crippen LogP contribution in [0.1, 0.15) is 0 Å². The number of rotatable bonds is 3. The van der Waals surface area contributed by atoms with E-state index >= 15 is 0 Å². The molecule has 0 aliphatic rings. The Morgan fingerprint density at radius 3 is 3.00 bits per heavy atom. The quantitative estimate of drug-likeness (QED) is 0.147. The molecular weight excluding hydrogens is 142 g/mol. The molecule has 0 aliphatic carbocycles. The molecule has 0 aromatic heterocycles. The van der Waals surface area contributed by atoms with Crippen LogP contribution in [0.2, 0.25) is 0 Å². The normalized spacial score (nSPS) is 7.00. The van der Waals surface area contributed by atoms with Crippen LogP contribution in [-0.4, -0.2) is 6.08 Å². The highest BCUT2D eigenvalue weighted by atomic mass is 35.7. The molecule has 0 spiro atoms. The summed E-state index contributed by atoms with van der Waals surface area (Å²) < 4.78 is 3.83. The summed E-state index contributed by atoms with van der Waals surface area (Å²) >= 11 is 0.419. The number of nitrogens with zero attached hydrogens (tertiary/aromatic N) is 1. The zero-order valence-corrected chi connectivity index (χ0v) is 4.53. The SMILES string of the molecule is O=C=NOOSCl. The van der Waals surface area contributed by atoms with Gasteiger partial charge >= 0.3 is 0 Å². The minimum absolute atomic E-state index is 0.419. The second-order valence-electron chi connectivity index (χ2n) is 0.388. The van der Waals surface area contributed by atoms with Crippen molar-refractivity contribution in [3.63, 3.8) is 0 Å². The highest BCUT2D eigenvalue weighted by Gasteiger charge is 1.76. The van der Waals surface area contributed by atoms with Gasteiger partial charge in [0.15, 0.2) is 11.3 Å². The molecule has 40 valence electrons. The van der Waals surface area contributed by atoms with Crippen molar-refractivity contribution in [3.05, 3.63) is 0 Å². The second kappa shape index (κ2) is 5.78. The van der Waals surface area contributed by atoms with E-state index in [0.29, 0.717) is 11.3 Å².